The molecule has 0 saturated carbocycles. The van der Waals surface area contributed by atoms with Crippen LogP contribution in [0.5, 0.6) is 0 Å². The van der Waals surface area contributed by atoms with Gasteiger partial charge in [0, 0.05) is 32.2 Å². The Morgan fingerprint density at radius 3 is 2.30 bits per heavy atom. The van der Waals surface area contributed by atoms with Crippen molar-refractivity contribution in [3.8, 4) is 0 Å². The molecule has 128 valence electrons. The summed E-state index contributed by atoms with van der Waals surface area (Å²) in [5.41, 5.74) is 2.89. The van der Waals surface area contributed by atoms with Crippen LogP contribution in [0.25, 0.3) is 10.8 Å². The highest BCUT2D eigenvalue weighted by atomic mass is 35.5. The van der Waals surface area contributed by atoms with Crippen LogP contribution in [0.4, 0.5) is 0 Å². The summed E-state index contributed by atoms with van der Waals surface area (Å²) in [7, 11) is 0. The van der Waals surface area contributed by atoms with Gasteiger partial charge in [0.05, 0.1) is 0 Å². The van der Waals surface area contributed by atoms with Gasteiger partial charge in [-0.15, -0.1) is 24.8 Å². The molecule has 0 unspecified atom stereocenters. The number of fused-ring (bicyclic) bond motifs is 1. The van der Waals surface area contributed by atoms with Crippen molar-refractivity contribution < 1.29 is 0 Å². The number of nitrogens with zero attached hydrogens (tertiary/aromatic N) is 1. The van der Waals surface area contributed by atoms with Crippen LogP contribution in [-0.4, -0.2) is 31.1 Å². The molecule has 0 bridgehead atoms. The molecule has 1 saturated heterocycles. The normalized spacial score (nSPS) is 16.4. The van der Waals surface area contributed by atoms with Crippen LogP contribution in [0.1, 0.15) is 36.9 Å². The lowest BCUT2D eigenvalue weighted by atomic mass is 9.92. The SMILES string of the molecule is CCC[C@@H](c1ccc(C)c2ccccc12)N1CCNCC1.Cl.Cl. The molecule has 23 heavy (non-hydrogen) atoms. The molecule has 0 aromatic heterocycles. The lowest BCUT2D eigenvalue weighted by molar-refractivity contribution is 0.165. The van der Waals surface area contributed by atoms with Crippen molar-refractivity contribution in [2.24, 2.45) is 0 Å². The van der Waals surface area contributed by atoms with E-state index in [2.05, 4.69) is 60.5 Å². The molecule has 1 heterocycles. The molecule has 0 amide bonds. The van der Waals surface area contributed by atoms with E-state index in [4.69, 9.17) is 0 Å². The molecule has 2 aromatic carbocycles. The molecule has 4 heteroatoms. The van der Waals surface area contributed by atoms with Crippen LogP contribution >= 0.6 is 24.8 Å². The van der Waals surface area contributed by atoms with E-state index in [1.807, 2.05) is 0 Å². The Morgan fingerprint density at radius 1 is 1.00 bits per heavy atom. The Kier molecular flexibility index (Phi) is 8.35. The van der Waals surface area contributed by atoms with Gasteiger partial charge in [-0.25, -0.2) is 0 Å². The van der Waals surface area contributed by atoms with E-state index in [0.717, 1.165) is 26.2 Å². The fourth-order valence-electron chi connectivity index (χ4n) is 3.57. The van der Waals surface area contributed by atoms with Gasteiger partial charge in [-0.1, -0.05) is 49.7 Å². The minimum atomic E-state index is 0. The third-order valence-corrected chi connectivity index (χ3v) is 4.69. The van der Waals surface area contributed by atoms with Gasteiger partial charge in [-0.05, 0) is 35.2 Å². The highest BCUT2D eigenvalue weighted by molar-refractivity contribution is 5.89. The number of halogens is 2. The Labute approximate surface area is 152 Å². The maximum atomic E-state index is 3.47. The molecular weight excluding hydrogens is 327 g/mol. The van der Waals surface area contributed by atoms with Crippen molar-refractivity contribution in [2.75, 3.05) is 26.2 Å². The molecule has 2 nitrogen and oxygen atoms in total. The molecular formula is C19H28Cl2N2. The van der Waals surface area contributed by atoms with Crippen molar-refractivity contribution in [1.82, 2.24) is 10.2 Å². The number of benzene rings is 2. The van der Waals surface area contributed by atoms with Crippen LogP contribution in [0.2, 0.25) is 0 Å². The Morgan fingerprint density at radius 2 is 1.65 bits per heavy atom. The second-order valence-electron chi connectivity index (χ2n) is 6.11. The topological polar surface area (TPSA) is 15.3 Å². The number of hydrogen-bond acceptors (Lipinski definition) is 2. The van der Waals surface area contributed by atoms with Gasteiger partial charge < -0.3 is 5.32 Å². The maximum Gasteiger partial charge on any atom is 0.0355 e. The zero-order valence-corrected chi connectivity index (χ0v) is 15.7. The first kappa shape index (κ1) is 20.2. The Hall–Kier alpha value is -0.800. The van der Waals surface area contributed by atoms with Crippen molar-refractivity contribution in [3.63, 3.8) is 0 Å². The van der Waals surface area contributed by atoms with Crippen LogP contribution in [0.15, 0.2) is 36.4 Å². The molecule has 0 aliphatic carbocycles. The van der Waals surface area contributed by atoms with E-state index in [9.17, 15) is 0 Å². The summed E-state index contributed by atoms with van der Waals surface area (Å²) in [6, 6.07) is 14.1. The second kappa shape index (κ2) is 9.48. The van der Waals surface area contributed by atoms with Crippen molar-refractivity contribution in [1.29, 1.82) is 0 Å². The van der Waals surface area contributed by atoms with E-state index in [0.29, 0.717) is 6.04 Å². The summed E-state index contributed by atoms with van der Waals surface area (Å²) in [5, 5.41) is 6.32. The fourth-order valence-corrected chi connectivity index (χ4v) is 3.57. The first-order valence-corrected chi connectivity index (χ1v) is 8.24. The molecule has 2 aromatic rings. The summed E-state index contributed by atoms with van der Waals surface area (Å²) in [5.74, 6) is 0. The maximum absolute atomic E-state index is 3.47. The third kappa shape index (κ3) is 4.39. The highest BCUT2D eigenvalue weighted by Gasteiger charge is 2.23. The lowest BCUT2D eigenvalue weighted by Gasteiger charge is -2.36. The van der Waals surface area contributed by atoms with Crippen LogP contribution < -0.4 is 5.32 Å². The van der Waals surface area contributed by atoms with Gasteiger partial charge in [0.2, 0.25) is 0 Å². The fraction of sp³-hybridized carbons (Fsp3) is 0.474. The van der Waals surface area contributed by atoms with E-state index in [-0.39, 0.29) is 24.8 Å². The van der Waals surface area contributed by atoms with E-state index in [1.165, 1.54) is 34.7 Å². The number of aryl methyl sites for hydroxylation is 1. The van der Waals surface area contributed by atoms with Gasteiger partial charge in [-0.3, -0.25) is 4.90 Å². The molecule has 0 radical (unpaired) electrons. The predicted octanol–water partition coefficient (Wildman–Crippen LogP) is 4.74. The minimum Gasteiger partial charge on any atom is -0.314 e. The summed E-state index contributed by atoms with van der Waals surface area (Å²) in [4.78, 5) is 2.66. The first-order chi connectivity index (χ1) is 10.3. The predicted molar refractivity (Wildman–Crippen MR) is 105 cm³/mol. The molecule has 3 rings (SSSR count). The molecule has 1 atom stereocenters. The van der Waals surface area contributed by atoms with Gasteiger partial charge >= 0.3 is 0 Å². The van der Waals surface area contributed by atoms with Crippen LogP contribution in [-0.2, 0) is 0 Å². The smallest absolute Gasteiger partial charge is 0.0355 e. The second-order valence-corrected chi connectivity index (χ2v) is 6.11. The average molecular weight is 355 g/mol. The van der Waals surface area contributed by atoms with Crippen molar-refractivity contribution >= 4 is 35.6 Å². The van der Waals surface area contributed by atoms with Crippen molar-refractivity contribution in [2.45, 2.75) is 32.7 Å². The number of piperazine rings is 1. The van der Waals surface area contributed by atoms with Gasteiger partial charge in [0.1, 0.15) is 0 Å². The molecule has 1 aliphatic rings. The van der Waals surface area contributed by atoms with Crippen molar-refractivity contribution in [3.05, 3.63) is 47.5 Å². The number of hydrogen-bond donors (Lipinski definition) is 1. The van der Waals surface area contributed by atoms with Crippen LogP contribution in [0, 0.1) is 6.92 Å². The quantitative estimate of drug-likeness (QED) is 0.852. The zero-order valence-electron chi connectivity index (χ0n) is 14.0. The largest absolute Gasteiger partial charge is 0.314 e. The van der Waals surface area contributed by atoms with Gasteiger partial charge in [0.25, 0.3) is 0 Å². The Balaban J connectivity index is 0.00000132. The summed E-state index contributed by atoms with van der Waals surface area (Å²) in [6.07, 6.45) is 2.48. The Bertz CT molecular complexity index is 609. The zero-order chi connectivity index (χ0) is 14.7. The van der Waals surface area contributed by atoms with E-state index < -0.39 is 0 Å². The average Bonchev–Trinajstić information content (AvgIpc) is 2.55. The minimum absolute atomic E-state index is 0. The highest BCUT2D eigenvalue weighted by Crippen LogP contribution is 2.33. The summed E-state index contributed by atoms with van der Waals surface area (Å²) in [6.45, 7) is 9.06. The van der Waals surface area contributed by atoms with E-state index >= 15 is 0 Å². The van der Waals surface area contributed by atoms with Gasteiger partial charge in [-0.2, -0.15) is 0 Å². The standard InChI is InChI=1S/C19H26N2.2ClH/c1-3-6-19(21-13-11-20-12-14-21)18-10-9-15(2)16-7-4-5-8-17(16)18;;/h4-5,7-10,19-20H,3,6,11-14H2,1-2H3;2*1H/t19-;;/m0../s1. The van der Waals surface area contributed by atoms with Crippen LogP contribution in [0.3, 0.4) is 0 Å². The molecule has 1 N–H and O–H groups in total. The lowest BCUT2D eigenvalue weighted by Crippen LogP contribution is -2.45. The third-order valence-electron chi connectivity index (χ3n) is 4.69. The molecule has 0 spiro atoms. The van der Waals surface area contributed by atoms with Gasteiger partial charge in [0.15, 0.2) is 0 Å². The number of nitrogens with one attached hydrogen (secondary N) is 1. The number of rotatable bonds is 4. The molecule has 1 aliphatic heterocycles. The van der Waals surface area contributed by atoms with E-state index in [1.54, 1.807) is 0 Å². The molecule has 1 fully saturated rings. The summed E-state index contributed by atoms with van der Waals surface area (Å²) >= 11 is 0. The summed E-state index contributed by atoms with van der Waals surface area (Å²) < 4.78 is 0. The monoisotopic (exact) mass is 354 g/mol. The first-order valence-electron chi connectivity index (χ1n) is 8.24.